The number of ether oxygens (including phenoxy) is 1. The van der Waals surface area contributed by atoms with Crippen molar-refractivity contribution in [2.75, 3.05) is 27.7 Å². The molecule has 112 valence electrons. The second kappa shape index (κ2) is 7.24. The predicted octanol–water partition coefficient (Wildman–Crippen LogP) is 2.79. The Morgan fingerprint density at radius 1 is 1.29 bits per heavy atom. The van der Waals surface area contributed by atoms with Gasteiger partial charge in [0.2, 0.25) is 0 Å². The highest BCUT2D eigenvalue weighted by Crippen LogP contribution is 2.22. The molecule has 5 heteroatoms. The third-order valence-corrected chi connectivity index (χ3v) is 4.28. The summed E-state index contributed by atoms with van der Waals surface area (Å²) < 4.78 is 5.09. The fourth-order valence-electron chi connectivity index (χ4n) is 2.05. The van der Waals surface area contributed by atoms with Crippen LogP contribution < -0.4 is 10.1 Å². The van der Waals surface area contributed by atoms with E-state index in [2.05, 4.69) is 21.7 Å². The maximum Gasteiger partial charge on any atom is 0.251 e. The highest BCUT2D eigenvalue weighted by molar-refractivity contribution is 7.10. The number of likely N-dealkylation sites (N-methyl/N-ethyl adjacent to an activating group) is 1. The van der Waals surface area contributed by atoms with E-state index >= 15 is 0 Å². The Hall–Kier alpha value is -1.85. The van der Waals surface area contributed by atoms with Crippen LogP contribution in [0.4, 0.5) is 0 Å². The maximum atomic E-state index is 12.2. The molecule has 0 saturated heterocycles. The highest BCUT2D eigenvalue weighted by Gasteiger charge is 2.16. The van der Waals surface area contributed by atoms with Gasteiger partial charge in [0.1, 0.15) is 5.75 Å². The molecule has 0 saturated carbocycles. The second-order valence-electron chi connectivity index (χ2n) is 4.93. The van der Waals surface area contributed by atoms with Gasteiger partial charge >= 0.3 is 0 Å². The van der Waals surface area contributed by atoms with E-state index < -0.39 is 0 Å². The molecule has 0 aliphatic carbocycles. The van der Waals surface area contributed by atoms with Crippen molar-refractivity contribution in [1.29, 1.82) is 0 Å². The van der Waals surface area contributed by atoms with E-state index in [1.807, 2.05) is 20.2 Å². The lowest BCUT2D eigenvalue weighted by Crippen LogP contribution is -2.34. The Labute approximate surface area is 129 Å². The van der Waals surface area contributed by atoms with Gasteiger partial charge in [0, 0.05) is 17.0 Å². The van der Waals surface area contributed by atoms with E-state index in [0.29, 0.717) is 12.1 Å². The lowest BCUT2D eigenvalue weighted by molar-refractivity contribution is 0.0942. The predicted molar refractivity (Wildman–Crippen MR) is 86.1 cm³/mol. The lowest BCUT2D eigenvalue weighted by atomic mass is 10.2. The number of benzene rings is 1. The van der Waals surface area contributed by atoms with Gasteiger partial charge in [-0.25, -0.2) is 0 Å². The molecule has 0 aliphatic rings. The first kappa shape index (κ1) is 15.5. The molecule has 0 bridgehead atoms. The van der Waals surface area contributed by atoms with Crippen molar-refractivity contribution >= 4 is 17.2 Å². The average Bonchev–Trinajstić information content (AvgIpc) is 3.01. The SMILES string of the molecule is COc1ccc(C(=O)NC[C@@H](c2cccs2)N(C)C)cc1. The van der Waals surface area contributed by atoms with Crippen molar-refractivity contribution in [2.24, 2.45) is 0 Å². The number of amides is 1. The normalized spacial score (nSPS) is 12.2. The largest absolute Gasteiger partial charge is 0.497 e. The van der Waals surface area contributed by atoms with Crippen molar-refractivity contribution in [3.63, 3.8) is 0 Å². The Kier molecular flexibility index (Phi) is 5.36. The number of hydrogen-bond donors (Lipinski definition) is 1. The van der Waals surface area contributed by atoms with Gasteiger partial charge in [-0.15, -0.1) is 11.3 Å². The van der Waals surface area contributed by atoms with Gasteiger partial charge in [-0.3, -0.25) is 4.79 Å². The van der Waals surface area contributed by atoms with Crippen LogP contribution in [0.1, 0.15) is 21.3 Å². The number of carbonyl (C=O) groups excluding carboxylic acids is 1. The number of nitrogens with zero attached hydrogens (tertiary/aromatic N) is 1. The van der Waals surface area contributed by atoms with E-state index in [4.69, 9.17) is 4.74 Å². The molecule has 0 fully saturated rings. The monoisotopic (exact) mass is 304 g/mol. The number of hydrogen-bond acceptors (Lipinski definition) is 4. The minimum atomic E-state index is -0.0685. The zero-order chi connectivity index (χ0) is 15.2. The molecular weight excluding hydrogens is 284 g/mol. The number of thiophene rings is 1. The first-order chi connectivity index (χ1) is 10.1. The third-order valence-electron chi connectivity index (χ3n) is 3.30. The van der Waals surface area contributed by atoms with Crippen LogP contribution in [0.2, 0.25) is 0 Å². The molecule has 0 spiro atoms. The molecule has 1 heterocycles. The molecule has 2 rings (SSSR count). The second-order valence-corrected chi connectivity index (χ2v) is 5.91. The highest BCUT2D eigenvalue weighted by atomic mass is 32.1. The summed E-state index contributed by atoms with van der Waals surface area (Å²) in [5.74, 6) is 0.678. The quantitative estimate of drug-likeness (QED) is 0.892. The molecule has 1 atom stereocenters. The van der Waals surface area contributed by atoms with Crippen molar-refractivity contribution < 1.29 is 9.53 Å². The van der Waals surface area contributed by atoms with Crippen molar-refractivity contribution in [1.82, 2.24) is 10.2 Å². The lowest BCUT2D eigenvalue weighted by Gasteiger charge is -2.23. The topological polar surface area (TPSA) is 41.6 Å². The van der Waals surface area contributed by atoms with Crippen LogP contribution in [-0.2, 0) is 0 Å². The maximum absolute atomic E-state index is 12.2. The van der Waals surface area contributed by atoms with Gasteiger partial charge < -0.3 is 15.0 Å². The number of carbonyl (C=O) groups is 1. The molecule has 21 heavy (non-hydrogen) atoms. The van der Waals surface area contributed by atoms with Gasteiger partial charge in [0.15, 0.2) is 0 Å². The zero-order valence-corrected chi connectivity index (χ0v) is 13.3. The fraction of sp³-hybridized carbons (Fsp3) is 0.312. The Morgan fingerprint density at radius 2 is 2.00 bits per heavy atom. The molecule has 0 aliphatic heterocycles. The van der Waals surface area contributed by atoms with Crippen LogP contribution in [-0.4, -0.2) is 38.6 Å². The molecule has 1 aromatic carbocycles. The van der Waals surface area contributed by atoms with E-state index in [9.17, 15) is 4.79 Å². The minimum absolute atomic E-state index is 0.0685. The first-order valence-electron chi connectivity index (χ1n) is 6.74. The first-order valence-corrected chi connectivity index (χ1v) is 7.62. The van der Waals surface area contributed by atoms with Gasteiger partial charge in [0.05, 0.1) is 13.2 Å². The van der Waals surface area contributed by atoms with E-state index in [-0.39, 0.29) is 11.9 Å². The summed E-state index contributed by atoms with van der Waals surface area (Å²) in [6.45, 7) is 0.582. The van der Waals surface area contributed by atoms with Gasteiger partial charge in [-0.2, -0.15) is 0 Å². The van der Waals surface area contributed by atoms with Gasteiger partial charge in [0.25, 0.3) is 5.91 Å². The van der Waals surface area contributed by atoms with Crippen LogP contribution in [0.3, 0.4) is 0 Å². The van der Waals surface area contributed by atoms with Gasteiger partial charge in [-0.1, -0.05) is 6.07 Å². The number of methoxy groups -OCH3 is 1. The van der Waals surface area contributed by atoms with E-state index in [1.54, 1.807) is 42.7 Å². The average molecular weight is 304 g/mol. The molecule has 0 unspecified atom stereocenters. The Balaban J connectivity index is 1.98. The smallest absolute Gasteiger partial charge is 0.251 e. The van der Waals surface area contributed by atoms with Crippen LogP contribution in [0, 0.1) is 0 Å². The molecule has 4 nitrogen and oxygen atoms in total. The van der Waals surface area contributed by atoms with E-state index in [1.165, 1.54) is 4.88 Å². The number of rotatable bonds is 6. The van der Waals surface area contributed by atoms with Crippen LogP contribution in [0.5, 0.6) is 5.75 Å². The molecule has 1 aromatic heterocycles. The van der Waals surface area contributed by atoms with Crippen LogP contribution >= 0.6 is 11.3 Å². The summed E-state index contributed by atoms with van der Waals surface area (Å²) in [5, 5.41) is 5.04. The van der Waals surface area contributed by atoms with E-state index in [0.717, 1.165) is 5.75 Å². The number of nitrogens with one attached hydrogen (secondary N) is 1. The molecule has 2 aromatic rings. The molecule has 1 N–H and O–H groups in total. The fourth-order valence-corrected chi connectivity index (χ4v) is 2.97. The third kappa shape index (κ3) is 4.06. The van der Waals surface area contributed by atoms with Crippen LogP contribution in [0.25, 0.3) is 0 Å². The standard InChI is InChI=1S/C16H20N2O2S/c1-18(2)14(15-5-4-10-21-15)11-17-16(19)12-6-8-13(20-3)9-7-12/h4-10,14H,11H2,1-3H3,(H,17,19)/t14-/m0/s1. The van der Waals surface area contributed by atoms with Crippen molar-refractivity contribution in [3.05, 3.63) is 52.2 Å². The summed E-state index contributed by atoms with van der Waals surface area (Å²) in [7, 11) is 5.64. The summed E-state index contributed by atoms with van der Waals surface area (Å²) in [6.07, 6.45) is 0. The molecule has 1 amide bonds. The summed E-state index contributed by atoms with van der Waals surface area (Å²) in [5.41, 5.74) is 0.638. The minimum Gasteiger partial charge on any atom is -0.497 e. The van der Waals surface area contributed by atoms with Crippen LogP contribution in [0.15, 0.2) is 41.8 Å². The van der Waals surface area contributed by atoms with Gasteiger partial charge in [-0.05, 0) is 49.8 Å². The Morgan fingerprint density at radius 3 is 2.52 bits per heavy atom. The van der Waals surface area contributed by atoms with Crippen molar-refractivity contribution in [2.45, 2.75) is 6.04 Å². The molecular formula is C16H20N2O2S. The summed E-state index contributed by atoms with van der Waals surface area (Å²) in [4.78, 5) is 15.5. The summed E-state index contributed by atoms with van der Waals surface area (Å²) >= 11 is 1.70. The zero-order valence-electron chi connectivity index (χ0n) is 12.5. The Bertz CT molecular complexity index is 564. The summed E-state index contributed by atoms with van der Waals surface area (Å²) in [6, 6.07) is 11.4. The molecule has 0 radical (unpaired) electrons. The van der Waals surface area contributed by atoms with Crippen molar-refractivity contribution in [3.8, 4) is 5.75 Å².